The number of rotatable bonds is 9. The fourth-order valence-electron chi connectivity index (χ4n) is 2.44. The maximum Gasteiger partial charge on any atom is 0.236 e. The number of hydrogen-bond donors (Lipinski definition) is 2. The smallest absolute Gasteiger partial charge is 0.236 e. The predicted molar refractivity (Wildman–Crippen MR) is 89.4 cm³/mol. The van der Waals surface area contributed by atoms with Gasteiger partial charge in [0, 0.05) is 18.8 Å². The van der Waals surface area contributed by atoms with Gasteiger partial charge in [0.2, 0.25) is 5.91 Å². The molecular formula is C17H29N3O. The third kappa shape index (κ3) is 6.17. The molecule has 1 aromatic carbocycles. The molecule has 0 spiro atoms. The summed E-state index contributed by atoms with van der Waals surface area (Å²) in [6.45, 7) is 11.4. The van der Waals surface area contributed by atoms with Crippen molar-refractivity contribution in [1.82, 2.24) is 5.32 Å². The first kappa shape index (κ1) is 17.5. The fraction of sp³-hybridized carbons (Fsp3) is 0.588. The van der Waals surface area contributed by atoms with Crippen molar-refractivity contribution in [3.05, 3.63) is 29.3 Å². The summed E-state index contributed by atoms with van der Waals surface area (Å²) in [7, 11) is 0. The molecule has 0 aliphatic rings. The van der Waals surface area contributed by atoms with E-state index in [1.165, 1.54) is 11.1 Å². The van der Waals surface area contributed by atoms with Crippen LogP contribution in [0.3, 0.4) is 0 Å². The summed E-state index contributed by atoms with van der Waals surface area (Å²) in [6, 6.07) is 6.38. The minimum atomic E-state index is -0.288. The lowest BCUT2D eigenvalue weighted by Gasteiger charge is -2.28. The summed E-state index contributed by atoms with van der Waals surface area (Å²) in [5.41, 5.74) is 8.98. The highest BCUT2D eigenvalue weighted by molar-refractivity contribution is 5.80. The highest BCUT2D eigenvalue weighted by atomic mass is 16.1. The molecule has 0 aliphatic carbocycles. The van der Waals surface area contributed by atoms with Crippen molar-refractivity contribution < 1.29 is 4.79 Å². The number of nitrogens with one attached hydrogen (secondary N) is 1. The molecule has 1 aromatic rings. The van der Waals surface area contributed by atoms with Gasteiger partial charge in [-0.05, 0) is 37.4 Å². The van der Waals surface area contributed by atoms with Crippen LogP contribution in [-0.4, -0.2) is 25.5 Å². The Kier molecular flexibility index (Phi) is 7.23. The third-order valence-corrected chi connectivity index (χ3v) is 3.25. The van der Waals surface area contributed by atoms with Gasteiger partial charge in [-0.25, -0.2) is 0 Å². The average Bonchev–Trinajstić information content (AvgIpc) is 2.37. The largest absolute Gasteiger partial charge is 0.368 e. The Morgan fingerprint density at radius 3 is 2.67 bits per heavy atom. The second kappa shape index (κ2) is 8.67. The number of carbonyl (C=O) groups is 1. The van der Waals surface area contributed by atoms with E-state index in [-0.39, 0.29) is 12.5 Å². The molecule has 0 heterocycles. The van der Waals surface area contributed by atoms with Gasteiger partial charge in [0.1, 0.15) is 0 Å². The zero-order valence-electron chi connectivity index (χ0n) is 13.8. The third-order valence-electron chi connectivity index (χ3n) is 3.25. The Morgan fingerprint density at radius 1 is 1.38 bits per heavy atom. The first-order valence-electron chi connectivity index (χ1n) is 7.77. The number of hydrogen-bond acceptors (Lipinski definition) is 3. The van der Waals surface area contributed by atoms with Gasteiger partial charge < -0.3 is 16.0 Å². The van der Waals surface area contributed by atoms with Gasteiger partial charge in [-0.3, -0.25) is 4.79 Å². The van der Waals surface area contributed by atoms with E-state index in [4.69, 9.17) is 5.73 Å². The van der Waals surface area contributed by atoms with Crippen molar-refractivity contribution in [3.8, 4) is 0 Å². The van der Waals surface area contributed by atoms with Gasteiger partial charge in [0.25, 0.3) is 0 Å². The second-order valence-corrected chi connectivity index (χ2v) is 6.05. The van der Waals surface area contributed by atoms with Gasteiger partial charge in [0.15, 0.2) is 0 Å². The van der Waals surface area contributed by atoms with Gasteiger partial charge in [-0.2, -0.15) is 0 Å². The zero-order valence-corrected chi connectivity index (χ0v) is 13.8. The van der Waals surface area contributed by atoms with Crippen LogP contribution in [0.5, 0.6) is 0 Å². The van der Waals surface area contributed by atoms with Crippen LogP contribution in [0.4, 0.5) is 5.69 Å². The number of aryl methyl sites for hydroxylation is 1. The summed E-state index contributed by atoms with van der Waals surface area (Å²) in [4.78, 5) is 13.5. The normalized spacial score (nSPS) is 10.9. The van der Waals surface area contributed by atoms with E-state index in [9.17, 15) is 4.79 Å². The quantitative estimate of drug-likeness (QED) is 0.687. The van der Waals surface area contributed by atoms with Crippen LogP contribution in [0.25, 0.3) is 0 Å². The molecule has 0 aliphatic heterocycles. The van der Waals surface area contributed by atoms with Gasteiger partial charge in [0.05, 0.1) is 6.54 Å². The van der Waals surface area contributed by atoms with Crippen molar-refractivity contribution in [1.29, 1.82) is 0 Å². The SMILES string of the molecule is CCCNCc1cc(C)ccc1N(CC(N)=O)CC(C)C. The number of anilines is 1. The second-order valence-electron chi connectivity index (χ2n) is 6.05. The summed E-state index contributed by atoms with van der Waals surface area (Å²) >= 11 is 0. The molecule has 0 radical (unpaired) electrons. The lowest BCUT2D eigenvalue weighted by Crippen LogP contribution is -2.37. The lowest BCUT2D eigenvalue weighted by molar-refractivity contribution is -0.116. The van der Waals surface area contributed by atoms with Crippen LogP contribution < -0.4 is 16.0 Å². The molecule has 1 amide bonds. The van der Waals surface area contributed by atoms with Crippen molar-refractivity contribution in [2.24, 2.45) is 11.7 Å². The topological polar surface area (TPSA) is 58.4 Å². The van der Waals surface area contributed by atoms with E-state index < -0.39 is 0 Å². The highest BCUT2D eigenvalue weighted by Crippen LogP contribution is 2.23. The van der Waals surface area contributed by atoms with Crippen molar-refractivity contribution in [3.63, 3.8) is 0 Å². The summed E-state index contributed by atoms with van der Waals surface area (Å²) < 4.78 is 0. The Hall–Kier alpha value is -1.55. The molecule has 0 saturated carbocycles. The monoisotopic (exact) mass is 291 g/mol. The van der Waals surface area contributed by atoms with E-state index in [2.05, 4.69) is 56.1 Å². The summed E-state index contributed by atoms with van der Waals surface area (Å²) in [6.07, 6.45) is 1.11. The molecule has 118 valence electrons. The molecule has 0 saturated heterocycles. The van der Waals surface area contributed by atoms with E-state index in [1.54, 1.807) is 0 Å². The average molecular weight is 291 g/mol. The molecule has 0 unspecified atom stereocenters. The summed E-state index contributed by atoms with van der Waals surface area (Å²) in [5.74, 6) is 0.186. The van der Waals surface area contributed by atoms with E-state index >= 15 is 0 Å². The first-order chi connectivity index (χ1) is 9.93. The number of nitrogens with two attached hydrogens (primary N) is 1. The lowest BCUT2D eigenvalue weighted by atomic mass is 10.1. The minimum absolute atomic E-state index is 0.266. The Bertz CT molecular complexity index is 457. The number of benzene rings is 1. The van der Waals surface area contributed by atoms with E-state index in [0.717, 1.165) is 31.7 Å². The summed E-state index contributed by atoms with van der Waals surface area (Å²) in [5, 5.41) is 3.44. The minimum Gasteiger partial charge on any atom is -0.368 e. The van der Waals surface area contributed by atoms with Crippen molar-refractivity contribution >= 4 is 11.6 Å². The molecule has 21 heavy (non-hydrogen) atoms. The van der Waals surface area contributed by atoms with E-state index in [0.29, 0.717) is 5.92 Å². The van der Waals surface area contributed by atoms with E-state index in [1.807, 2.05) is 0 Å². The molecule has 4 heteroatoms. The number of amides is 1. The number of carbonyl (C=O) groups excluding carboxylic acids is 1. The van der Waals surface area contributed by atoms with Crippen LogP contribution in [0.1, 0.15) is 38.3 Å². The van der Waals surface area contributed by atoms with Crippen LogP contribution in [0.2, 0.25) is 0 Å². The zero-order chi connectivity index (χ0) is 15.8. The van der Waals surface area contributed by atoms with Gasteiger partial charge in [-0.15, -0.1) is 0 Å². The molecule has 0 aromatic heterocycles. The number of primary amides is 1. The molecule has 0 atom stereocenters. The van der Waals surface area contributed by atoms with Crippen LogP contribution in [0.15, 0.2) is 18.2 Å². The number of nitrogens with zero attached hydrogens (tertiary/aromatic N) is 1. The molecule has 0 bridgehead atoms. The van der Waals surface area contributed by atoms with Gasteiger partial charge >= 0.3 is 0 Å². The maximum absolute atomic E-state index is 11.4. The molecular weight excluding hydrogens is 262 g/mol. The molecule has 4 nitrogen and oxygen atoms in total. The Morgan fingerprint density at radius 2 is 2.10 bits per heavy atom. The first-order valence-corrected chi connectivity index (χ1v) is 7.77. The highest BCUT2D eigenvalue weighted by Gasteiger charge is 2.15. The Balaban J connectivity index is 3.01. The fourth-order valence-corrected chi connectivity index (χ4v) is 2.44. The standard InChI is InChI=1S/C17H29N3O/c1-5-8-19-10-15-9-14(4)6-7-16(15)20(11-13(2)3)12-17(18)21/h6-7,9,13,19H,5,8,10-12H2,1-4H3,(H2,18,21). The van der Waals surface area contributed by atoms with Crippen molar-refractivity contribution in [2.75, 3.05) is 24.5 Å². The van der Waals surface area contributed by atoms with Gasteiger partial charge in [-0.1, -0.05) is 38.5 Å². The molecule has 3 N–H and O–H groups in total. The molecule has 1 rings (SSSR count). The van der Waals surface area contributed by atoms with Crippen molar-refractivity contribution in [2.45, 2.75) is 40.7 Å². The van der Waals surface area contributed by atoms with Crippen LogP contribution in [0, 0.1) is 12.8 Å². The predicted octanol–water partition coefficient (Wildman–Crippen LogP) is 2.44. The maximum atomic E-state index is 11.4. The van der Waals surface area contributed by atoms with Crippen LogP contribution >= 0.6 is 0 Å². The van der Waals surface area contributed by atoms with Crippen LogP contribution in [-0.2, 0) is 11.3 Å². The Labute approximate surface area is 128 Å². The molecule has 0 fully saturated rings.